The van der Waals surface area contributed by atoms with Gasteiger partial charge in [-0.15, -0.1) is 24.0 Å². The highest BCUT2D eigenvalue weighted by Crippen LogP contribution is 2.27. The molecule has 0 aliphatic carbocycles. The van der Waals surface area contributed by atoms with E-state index >= 15 is 0 Å². The second-order valence-electron chi connectivity index (χ2n) is 5.79. The van der Waals surface area contributed by atoms with Crippen LogP contribution in [0.1, 0.15) is 38.3 Å². The Morgan fingerprint density at radius 2 is 1.88 bits per heavy atom. The van der Waals surface area contributed by atoms with Crippen LogP contribution in [0.25, 0.3) is 0 Å². The maximum Gasteiger partial charge on any atom is 0.191 e. The fraction of sp³-hybridized carbons (Fsp3) is 0.611. The summed E-state index contributed by atoms with van der Waals surface area (Å²) in [4.78, 5) is 7.33. The number of nitrogens with one attached hydrogen (secondary N) is 2. The number of halogens is 1. The van der Waals surface area contributed by atoms with Gasteiger partial charge in [0.1, 0.15) is 5.75 Å². The predicted octanol–water partition coefficient (Wildman–Crippen LogP) is 3.03. The van der Waals surface area contributed by atoms with Gasteiger partial charge in [0.25, 0.3) is 0 Å². The highest BCUT2D eigenvalue weighted by atomic mass is 127. The van der Waals surface area contributed by atoms with Crippen LogP contribution in [0, 0.1) is 0 Å². The summed E-state index contributed by atoms with van der Waals surface area (Å²) in [5.41, 5.74) is 1.28. The van der Waals surface area contributed by atoms with Crippen LogP contribution >= 0.6 is 24.0 Å². The Morgan fingerprint density at radius 1 is 1.21 bits per heavy atom. The Bertz CT molecular complexity index is 496. The van der Waals surface area contributed by atoms with E-state index < -0.39 is 0 Å². The number of ether oxygens (including phenoxy) is 1. The highest BCUT2D eigenvalue weighted by Gasteiger charge is 2.23. The van der Waals surface area contributed by atoms with Crippen molar-refractivity contribution in [2.24, 2.45) is 4.99 Å². The zero-order valence-corrected chi connectivity index (χ0v) is 17.4. The molecule has 0 radical (unpaired) electrons. The first-order valence-electron chi connectivity index (χ1n) is 8.68. The molecule has 1 aliphatic heterocycles. The Kier molecular flexibility index (Phi) is 10.1. The number of nitrogens with zero attached hydrogens (tertiary/aromatic N) is 2. The first-order valence-corrected chi connectivity index (χ1v) is 8.68. The maximum absolute atomic E-state index is 5.39. The number of likely N-dealkylation sites (tertiary alicyclic amines) is 1. The topological polar surface area (TPSA) is 48.9 Å². The van der Waals surface area contributed by atoms with Crippen molar-refractivity contribution in [1.82, 2.24) is 15.5 Å². The molecule has 2 N–H and O–H groups in total. The molecule has 0 aromatic heterocycles. The number of methoxy groups -OCH3 is 1. The van der Waals surface area contributed by atoms with E-state index in [1.165, 1.54) is 18.4 Å². The molecule has 1 saturated heterocycles. The van der Waals surface area contributed by atoms with Gasteiger partial charge in [-0.1, -0.05) is 12.1 Å². The largest absolute Gasteiger partial charge is 0.497 e. The van der Waals surface area contributed by atoms with Gasteiger partial charge in [-0.05, 0) is 57.5 Å². The third-order valence-electron chi connectivity index (χ3n) is 4.17. The molecule has 0 bridgehead atoms. The van der Waals surface area contributed by atoms with Crippen LogP contribution in [0.4, 0.5) is 0 Å². The van der Waals surface area contributed by atoms with E-state index in [9.17, 15) is 0 Å². The number of hydrogen-bond acceptors (Lipinski definition) is 3. The normalized spacial score (nSPS) is 15.3. The Labute approximate surface area is 163 Å². The molecular formula is C18H31IN4O. The van der Waals surface area contributed by atoms with Crippen LogP contribution in [0.2, 0.25) is 0 Å². The van der Waals surface area contributed by atoms with Crippen LogP contribution in [0.15, 0.2) is 29.3 Å². The van der Waals surface area contributed by atoms with Gasteiger partial charge in [0.05, 0.1) is 19.7 Å². The molecule has 2 rings (SSSR count). The van der Waals surface area contributed by atoms with Crippen molar-refractivity contribution < 1.29 is 4.74 Å². The first-order chi connectivity index (χ1) is 11.3. The van der Waals surface area contributed by atoms with Crippen molar-refractivity contribution in [3.63, 3.8) is 0 Å². The van der Waals surface area contributed by atoms with Gasteiger partial charge < -0.3 is 15.4 Å². The number of aliphatic imine (C=N–C) groups is 1. The van der Waals surface area contributed by atoms with Crippen LogP contribution < -0.4 is 15.4 Å². The smallest absolute Gasteiger partial charge is 0.191 e. The lowest BCUT2D eigenvalue weighted by Gasteiger charge is -2.27. The molecule has 0 amide bonds. The Balaban J connectivity index is 0.00000288. The van der Waals surface area contributed by atoms with Crippen molar-refractivity contribution in [1.29, 1.82) is 0 Å². The summed E-state index contributed by atoms with van der Waals surface area (Å²) in [5.74, 6) is 1.80. The van der Waals surface area contributed by atoms with Gasteiger partial charge in [-0.25, -0.2) is 0 Å². The molecule has 1 heterocycles. The maximum atomic E-state index is 5.39. The molecular weight excluding hydrogens is 415 g/mol. The number of benzene rings is 1. The minimum Gasteiger partial charge on any atom is -0.497 e. The third-order valence-corrected chi connectivity index (χ3v) is 4.17. The molecule has 6 heteroatoms. The van der Waals surface area contributed by atoms with Crippen LogP contribution in [0.5, 0.6) is 5.75 Å². The first kappa shape index (κ1) is 21.0. The second-order valence-corrected chi connectivity index (χ2v) is 5.79. The lowest BCUT2D eigenvalue weighted by atomic mass is 10.1. The predicted molar refractivity (Wildman–Crippen MR) is 112 cm³/mol. The van der Waals surface area contributed by atoms with Crippen molar-refractivity contribution in [2.75, 3.05) is 39.8 Å². The summed E-state index contributed by atoms with van der Waals surface area (Å²) in [6, 6.07) is 8.69. The van der Waals surface area contributed by atoms with E-state index in [4.69, 9.17) is 9.73 Å². The summed E-state index contributed by atoms with van der Waals surface area (Å²) in [6.07, 6.45) is 2.55. The molecule has 1 atom stereocenters. The average molecular weight is 446 g/mol. The van der Waals surface area contributed by atoms with E-state index in [-0.39, 0.29) is 24.0 Å². The van der Waals surface area contributed by atoms with Crippen LogP contribution in [-0.2, 0) is 0 Å². The highest BCUT2D eigenvalue weighted by molar-refractivity contribution is 14.0. The Morgan fingerprint density at radius 3 is 2.46 bits per heavy atom. The molecule has 5 nitrogen and oxygen atoms in total. The standard InChI is InChI=1S/C18H30N4O.HI/c1-4-19-18(20-5-2)21-14-17(22-11-6-7-12-22)15-9-8-10-16(13-15)23-3;/h8-10,13,17H,4-7,11-12,14H2,1-3H3,(H2,19,20,21);1H. The van der Waals surface area contributed by atoms with Crippen molar-refractivity contribution >= 4 is 29.9 Å². The summed E-state index contributed by atoms with van der Waals surface area (Å²) >= 11 is 0. The van der Waals surface area contributed by atoms with Crippen LogP contribution in [-0.4, -0.2) is 50.7 Å². The molecule has 1 fully saturated rings. The van der Waals surface area contributed by atoms with Gasteiger partial charge in [0, 0.05) is 13.1 Å². The van der Waals surface area contributed by atoms with Gasteiger partial charge >= 0.3 is 0 Å². The lowest BCUT2D eigenvalue weighted by molar-refractivity contribution is 0.251. The molecule has 1 aliphatic rings. The Hall–Kier alpha value is -1.02. The average Bonchev–Trinajstić information content (AvgIpc) is 3.10. The van der Waals surface area contributed by atoms with Crippen LogP contribution in [0.3, 0.4) is 0 Å². The summed E-state index contributed by atoms with van der Waals surface area (Å²) in [5, 5.41) is 6.60. The van der Waals surface area contributed by atoms with E-state index in [1.54, 1.807) is 7.11 Å². The molecule has 1 aromatic rings. The molecule has 0 spiro atoms. The van der Waals surface area contributed by atoms with E-state index in [2.05, 4.69) is 47.6 Å². The van der Waals surface area contributed by atoms with Crippen molar-refractivity contribution in [3.8, 4) is 5.75 Å². The van der Waals surface area contributed by atoms with E-state index in [0.717, 1.165) is 44.4 Å². The van der Waals surface area contributed by atoms with Gasteiger partial charge in [0.2, 0.25) is 0 Å². The zero-order chi connectivity index (χ0) is 16.5. The lowest BCUT2D eigenvalue weighted by Crippen LogP contribution is -2.38. The summed E-state index contributed by atoms with van der Waals surface area (Å²) < 4.78 is 5.39. The summed E-state index contributed by atoms with van der Waals surface area (Å²) in [7, 11) is 1.72. The quantitative estimate of drug-likeness (QED) is 0.384. The van der Waals surface area contributed by atoms with Crippen molar-refractivity contribution in [3.05, 3.63) is 29.8 Å². The number of rotatable bonds is 7. The fourth-order valence-corrected chi connectivity index (χ4v) is 3.02. The van der Waals surface area contributed by atoms with E-state index in [0.29, 0.717) is 6.04 Å². The fourth-order valence-electron chi connectivity index (χ4n) is 3.02. The van der Waals surface area contributed by atoms with E-state index in [1.807, 2.05) is 6.07 Å². The minimum atomic E-state index is 0. The van der Waals surface area contributed by atoms with Gasteiger partial charge in [-0.2, -0.15) is 0 Å². The zero-order valence-electron chi connectivity index (χ0n) is 15.0. The molecule has 1 unspecified atom stereocenters. The van der Waals surface area contributed by atoms with Gasteiger partial charge in [-0.3, -0.25) is 9.89 Å². The molecule has 136 valence electrons. The minimum absolute atomic E-state index is 0. The van der Waals surface area contributed by atoms with Gasteiger partial charge in [0.15, 0.2) is 5.96 Å². The molecule has 1 aromatic carbocycles. The second kappa shape index (κ2) is 11.5. The molecule has 24 heavy (non-hydrogen) atoms. The number of hydrogen-bond donors (Lipinski definition) is 2. The monoisotopic (exact) mass is 446 g/mol. The third kappa shape index (κ3) is 6.12. The number of guanidine groups is 1. The SMILES string of the molecule is CCNC(=NCC(c1cccc(OC)c1)N1CCCC1)NCC.I. The van der Waals surface area contributed by atoms with Crippen molar-refractivity contribution in [2.45, 2.75) is 32.7 Å². The summed E-state index contributed by atoms with van der Waals surface area (Å²) in [6.45, 7) is 8.98. The molecule has 0 saturated carbocycles.